The third-order valence-electron chi connectivity index (χ3n) is 3.00. The minimum atomic E-state index is 0.223. The average Bonchev–Trinajstić information content (AvgIpc) is 2.42. The van der Waals surface area contributed by atoms with Crippen LogP contribution in [0.1, 0.15) is 18.5 Å². The molecule has 0 saturated heterocycles. The molecular formula is C15H14Cl3NO. The molecule has 1 N–H and O–H groups in total. The van der Waals surface area contributed by atoms with E-state index in [0.717, 1.165) is 5.56 Å². The van der Waals surface area contributed by atoms with Gasteiger partial charge in [-0.3, -0.25) is 0 Å². The predicted molar refractivity (Wildman–Crippen MR) is 85.5 cm³/mol. The largest absolute Gasteiger partial charge is 0.454 e. The minimum Gasteiger partial charge on any atom is -0.454 e. The van der Waals surface area contributed by atoms with Crippen molar-refractivity contribution in [2.75, 3.05) is 7.05 Å². The lowest BCUT2D eigenvalue weighted by molar-refractivity contribution is 0.482. The van der Waals surface area contributed by atoms with E-state index < -0.39 is 0 Å². The Morgan fingerprint density at radius 2 is 1.55 bits per heavy atom. The summed E-state index contributed by atoms with van der Waals surface area (Å²) in [4.78, 5) is 0. The van der Waals surface area contributed by atoms with Gasteiger partial charge in [0.15, 0.2) is 0 Å². The summed E-state index contributed by atoms with van der Waals surface area (Å²) in [5.74, 6) is 1.08. The van der Waals surface area contributed by atoms with Gasteiger partial charge < -0.3 is 10.1 Å². The van der Waals surface area contributed by atoms with Crippen LogP contribution in [0.2, 0.25) is 15.1 Å². The van der Waals surface area contributed by atoms with Crippen molar-refractivity contribution in [2.45, 2.75) is 13.0 Å². The van der Waals surface area contributed by atoms with E-state index in [0.29, 0.717) is 26.6 Å². The molecule has 0 bridgehead atoms. The molecule has 0 aromatic heterocycles. The summed E-state index contributed by atoms with van der Waals surface area (Å²) < 4.78 is 5.72. The molecule has 0 heterocycles. The van der Waals surface area contributed by atoms with Crippen molar-refractivity contribution < 1.29 is 4.74 Å². The van der Waals surface area contributed by atoms with Gasteiger partial charge in [0, 0.05) is 11.1 Å². The van der Waals surface area contributed by atoms with Crippen molar-refractivity contribution in [1.29, 1.82) is 0 Å². The first-order chi connectivity index (χ1) is 9.51. The van der Waals surface area contributed by atoms with Crippen LogP contribution in [-0.4, -0.2) is 7.05 Å². The van der Waals surface area contributed by atoms with Gasteiger partial charge in [0.1, 0.15) is 11.5 Å². The summed E-state index contributed by atoms with van der Waals surface area (Å²) in [7, 11) is 1.90. The third-order valence-corrected chi connectivity index (χ3v) is 3.83. The van der Waals surface area contributed by atoms with E-state index in [2.05, 4.69) is 12.2 Å². The molecule has 0 aliphatic rings. The molecule has 106 valence electrons. The number of halogens is 3. The Morgan fingerprint density at radius 1 is 0.950 bits per heavy atom. The molecule has 0 saturated carbocycles. The van der Waals surface area contributed by atoms with Crippen molar-refractivity contribution in [3.05, 3.63) is 57.0 Å². The summed E-state index contributed by atoms with van der Waals surface area (Å²) in [6.45, 7) is 2.06. The van der Waals surface area contributed by atoms with Gasteiger partial charge >= 0.3 is 0 Å². The number of hydrogen-bond acceptors (Lipinski definition) is 2. The van der Waals surface area contributed by atoms with Crippen molar-refractivity contribution in [3.63, 3.8) is 0 Å². The molecule has 5 heteroatoms. The molecule has 0 radical (unpaired) electrons. The Morgan fingerprint density at radius 3 is 2.10 bits per heavy atom. The zero-order valence-electron chi connectivity index (χ0n) is 11.1. The van der Waals surface area contributed by atoms with Gasteiger partial charge in [0.05, 0.1) is 10.0 Å². The summed E-state index contributed by atoms with van der Waals surface area (Å²) in [5, 5.41) is 4.70. The van der Waals surface area contributed by atoms with Gasteiger partial charge in [-0.15, -0.1) is 0 Å². The van der Waals surface area contributed by atoms with Crippen molar-refractivity contribution in [2.24, 2.45) is 0 Å². The molecule has 2 rings (SSSR count). The molecule has 2 aromatic rings. The maximum Gasteiger partial charge on any atom is 0.146 e. The molecule has 20 heavy (non-hydrogen) atoms. The van der Waals surface area contributed by atoms with Gasteiger partial charge in [-0.1, -0.05) is 40.9 Å². The quantitative estimate of drug-likeness (QED) is 0.774. The van der Waals surface area contributed by atoms with E-state index in [1.165, 1.54) is 0 Å². The number of ether oxygens (including phenoxy) is 1. The van der Waals surface area contributed by atoms with Gasteiger partial charge in [-0.25, -0.2) is 0 Å². The average molecular weight is 331 g/mol. The van der Waals surface area contributed by atoms with E-state index in [-0.39, 0.29) is 6.04 Å². The summed E-state index contributed by atoms with van der Waals surface area (Å²) in [6, 6.07) is 11.0. The maximum absolute atomic E-state index is 6.24. The second kappa shape index (κ2) is 6.68. The molecule has 0 spiro atoms. The van der Waals surface area contributed by atoms with Crippen LogP contribution in [0.3, 0.4) is 0 Å². The predicted octanol–water partition coefficient (Wildman–Crippen LogP) is 5.72. The second-order valence-corrected chi connectivity index (χ2v) is 5.63. The molecule has 0 aliphatic carbocycles. The first-order valence-electron chi connectivity index (χ1n) is 6.11. The lowest BCUT2D eigenvalue weighted by atomic mass is 10.1. The highest BCUT2D eigenvalue weighted by Crippen LogP contribution is 2.35. The van der Waals surface area contributed by atoms with Gasteiger partial charge in [-0.2, -0.15) is 0 Å². The Bertz CT molecular complexity index is 616. The molecule has 2 nitrogen and oxygen atoms in total. The van der Waals surface area contributed by atoms with Crippen LogP contribution in [0.4, 0.5) is 0 Å². The van der Waals surface area contributed by atoms with Crippen LogP contribution in [0.15, 0.2) is 36.4 Å². The molecule has 0 aliphatic heterocycles. The monoisotopic (exact) mass is 329 g/mol. The summed E-state index contributed by atoms with van der Waals surface area (Å²) >= 11 is 18.2. The standard InChI is InChI=1S/C15H14Cl3NO/c1-9(19-2)10-3-5-14(12(17)7-10)20-15-6-4-11(16)8-13(15)18/h3-9,19H,1-2H3. The third kappa shape index (κ3) is 3.58. The van der Waals surface area contributed by atoms with Crippen LogP contribution in [0.25, 0.3) is 0 Å². The van der Waals surface area contributed by atoms with Crippen LogP contribution >= 0.6 is 34.8 Å². The van der Waals surface area contributed by atoms with Crippen LogP contribution in [-0.2, 0) is 0 Å². The van der Waals surface area contributed by atoms with E-state index in [4.69, 9.17) is 39.5 Å². The SMILES string of the molecule is CNC(C)c1ccc(Oc2ccc(Cl)cc2Cl)c(Cl)c1. The van der Waals surface area contributed by atoms with Gasteiger partial charge in [0.25, 0.3) is 0 Å². The zero-order valence-corrected chi connectivity index (χ0v) is 13.4. The van der Waals surface area contributed by atoms with E-state index in [1.807, 2.05) is 25.2 Å². The molecule has 0 amide bonds. The first-order valence-corrected chi connectivity index (χ1v) is 7.24. The summed E-state index contributed by atoms with van der Waals surface area (Å²) in [5.41, 5.74) is 1.09. The van der Waals surface area contributed by atoms with Gasteiger partial charge in [-0.05, 0) is 49.9 Å². The Hall–Kier alpha value is -0.930. The number of nitrogens with one attached hydrogen (secondary N) is 1. The highest BCUT2D eigenvalue weighted by atomic mass is 35.5. The second-order valence-electron chi connectivity index (χ2n) is 4.38. The van der Waals surface area contributed by atoms with Gasteiger partial charge in [0.2, 0.25) is 0 Å². The molecule has 0 fully saturated rings. The first kappa shape index (κ1) is 15.5. The normalized spacial score (nSPS) is 12.2. The highest BCUT2D eigenvalue weighted by Gasteiger charge is 2.10. The highest BCUT2D eigenvalue weighted by molar-refractivity contribution is 6.35. The van der Waals surface area contributed by atoms with E-state index in [1.54, 1.807) is 18.2 Å². The number of benzene rings is 2. The molecule has 2 aromatic carbocycles. The molecule has 1 unspecified atom stereocenters. The minimum absolute atomic E-state index is 0.223. The van der Waals surface area contributed by atoms with Crippen molar-refractivity contribution >= 4 is 34.8 Å². The van der Waals surface area contributed by atoms with Crippen molar-refractivity contribution in [1.82, 2.24) is 5.32 Å². The Kier molecular flexibility index (Phi) is 5.17. The zero-order chi connectivity index (χ0) is 14.7. The van der Waals surface area contributed by atoms with E-state index in [9.17, 15) is 0 Å². The lowest BCUT2D eigenvalue weighted by Gasteiger charge is -2.14. The molecular weight excluding hydrogens is 317 g/mol. The summed E-state index contributed by atoms with van der Waals surface area (Å²) in [6.07, 6.45) is 0. The molecule has 1 atom stereocenters. The lowest BCUT2D eigenvalue weighted by Crippen LogP contribution is -2.12. The van der Waals surface area contributed by atoms with Crippen LogP contribution in [0, 0.1) is 0 Å². The number of rotatable bonds is 4. The van der Waals surface area contributed by atoms with E-state index >= 15 is 0 Å². The Labute approximate surface area is 133 Å². The smallest absolute Gasteiger partial charge is 0.146 e. The van der Waals surface area contributed by atoms with Crippen LogP contribution < -0.4 is 10.1 Å². The topological polar surface area (TPSA) is 21.3 Å². The fourth-order valence-corrected chi connectivity index (χ4v) is 2.39. The fraction of sp³-hybridized carbons (Fsp3) is 0.200. The van der Waals surface area contributed by atoms with Crippen molar-refractivity contribution in [3.8, 4) is 11.5 Å². The van der Waals surface area contributed by atoms with Crippen LogP contribution in [0.5, 0.6) is 11.5 Å². The number of hydrogen-bond donors (Lipinski definition) is 1. The fourth-order valence-electron chi connectivity index (χ4n) is 1.71. The maximum atomic E-state index is 6.24. The Balaban J connectivity index is 2.25.